The molecule has 2 N–H and O–H groups in total. The number of nitrogens with one attached hydrogen (secondary N) is 2. The molecule has 96 valence electrons. The number of H-pyrrole nitrogens is 1. The van der Waals surface area contributed by atoms with Crippen LogP contribution in [0.3, 0.4) is 0 Å². The first-order valence-corrected chi connectivity index (χ1v) is 5.90. The minimum absolute atomic E-state index is 0.197. The van der Waals surface area contributed by atoms with E-state index in [1.807, 2.05) is 12.1 Å². The lowest BCUT2D eigenvalue weighted by molar-refractivity contribution is 1.02. The fraction of sp³-hybridized carbons (Fsp3) is 0.214. The summed E-state index contributed by atoms with van der Waals surface area (Å²) < 4.78 is 0. The first kappa shape index (κ1) is 12.8. The van der Waals surface area contributed by atoms with Crippen molar-refractivity contribution < 1.29 is 0 Å². The zero-order chi connectivity index (χ0) is 13.8. The van der Waals surface area contributed by atoms with E-state index in [0.717, 1.165) is 5.56 Å². The fourth-order valence-corrected chi connectivity index (χ4v) is 1.71. The van der Waals surface area contributed by atoms with Gasteiger partial charge in [-0.25, -0.2) is 4.79 Å². The van der Waals surface area contributed by atoms with Gasteiger partial charge in [0.2, 0.25) is 0 Å². The van der Waals surface area contributed by atoms with Gasteiger partial charge in [-0.2, -0.15) is 10.2 Å². The molecule has 2 aromatic rings. The second-order valence-electron chi connectivity index (χ2n) is 4.37. The molecular weight excluding hydrogens is 240 g/mol. The Morgan fingerprint density at radius 1 is 1.32 bits per heavy atom. The van der Waals surface area contributed by atoms with Crippen molar-refractivity contribution in [3.63, 3.8) is 0 Å². The summed E-state index contributed by atoms with van der Waals surface area (Å²) in [4.78, 5) is 17.3. The van der Waals surface area contributed by atoms with Gasteiger partial charge in [0.15, 0.2) is 0 Å². The van der Waals surface area contributed by atoms with Gasteiger partial charge in [-0.15, -0.1) is 0 Å². The van der Waals surface area contributed by atoms with Crippen molar-refractivity contribution in [3.05, 3.63) is 57.1 Å². The summed E-state index contributed by atoms with van der Waals surface area (Å²) in [7, 11) is 0. The third-order valence-corrected chi connectivity index (χ3v) is 2.91. The van der Waals surface area contributed by atoms with Gasteiger partial charge in [0.1, 0.15) is 17.6 Å². The number of nitriles is 1. The van der Waals surface area contributed by atoms with Crippen molar-refractivity contribution in [2.45, 2.75) is 20.4 Å². The van der Waals surface area contributed by atoms with E-state index in [9.17, 15) is 4.79 Å². The number of benzene rings is 1. The van der Waals surface area contributed by atoms with Gasteiger partial charge in [-0.05, 0) is 30.5 Å². The molecule has 0 saturated carbocycles. The number of anilines is 1. The molecule has 5 nitrogen and oxygen atoms in total. The van der Waals surface area contributed by atoms with Crippen LogP contribution in [-0.2, 0) is 6.54 Å². The van der Waals surface area contributed by atoms with Gasteiger partial charge in [-0.3, -0.25) is 4.98 Å². The molecule has 1 heterocycles. The molecule has 0 radical (unpaired) electrons. The minimum Gasteiger partial charge on any atom is -0.366 e. The van der Waals surface area contributed by atoms with Crippen LogP contribution >= 0.6 is 0 Å². The van der Waals surface area contributed by atoms with Crippen LogP contribution < -0.4 is 11.0 Å². The highest BCUT2D eigenvalue weighted by Gasteiger charge is 2.01. The quantitative estimate of drug-likeness (QED) is 0.876. The van der Waals surface area contributed by atoms with Crippen LogP contribution in [0.25, 0.3) is 0 Å². The van der Waals surface area contributed by atoms with Gasteiger partial charge >= 0.3 is 5.69 Å². The number of hydrogen-bond acceptors (Lipinski definition) is 4. The molecule has 0 bridgehead atoms. The predicted molar refractivity (Wildman–Crippen MR) is 72.8 cm³/mol. The Balaban J connectivity index is 2.14. The van der Waals surface area contributed by atoms with Crippen LogP contribution in [0.5, 0.6) is 0 Å². The van der Waals surface area contributed by atoms with Gasteiger partial charge in [0, 0.05) is 12.6 Å². The molecule has 0 atom stereocenters. The zero-order valence-electron chi connectivity index (χ0n) is 10.8. The Hall–Kier alpha value is -2.61. The smallest absolute Gasteiger partial charge is 0.347 e. The summed E-state index contributed by atoms with van der Waals surface area (Å²) in [5.74, 6) is 0.401. The molecule has 5 heteroatoms. The summed E-state index contributed by atoms with van der Waals surface area (Å²) in [5, 5.41) is 11.8. The van der Waals surface area contributed by atoms with E-state index in [1.54, 1.807) is 0 Å². The topological polar surface area (TPSA) is 81.6 Å². The van der Waals surface area contributed by atoms with Crippen LogP contribution in [0.4, 0.5) is 5.82 Å². The molecule has 0 saturated heterocycles. The van der Waals surface area contributed by atoms with Crippen molar-refractivity contribution >= 4 is 5.82 Å². The minimum atomic E-state index is -0.526. The zero-order valence-corrected chi connectivity index (χ0v) is 10.8. The number of aromatic amines is 1. The highest BCUT2D eigenvalue weighted by atomic mass is 16.1. The maximum atomic E-state index is 11.2. The molecule has 0 spiro atoms. The van der Waals surface area contributed by atoms with Gasteiger partial charge < -0.3 is 5.32 Å². The molecule has 1 aromatic heterocycles. The Bertz CT molecular complexity index is 697. The lowest BCUT2D eigenvalue weighted by Gasteiger charge is -2.07. The van der Waals surface area contributed by atoms with Crippen molar-refractivity contribution in [3.8, 4) is 6.07 Å². The van der Waals surface area contributed by atoms with Gasteiger partial charge in [0.05, 0.1) is 0 Å². The van der Waals surface area contributed by atoms with E-state index in [1.165, 1.54) is 17.2 Å². The molecule has 0 aliphatic heterocycles. The van der Waals surface area contributed by atoms with E-state index >= 15 is 0 Å². The van der Waals surface area contributed by atoms with E-state index in [4.69, 9.17) is 5.26 Å². The Labute approximate surface area is 110 Å². The van der Waals surface area contributed by atoms with E-state index < -0.39 is 5.69 Å². The number of rotatable bonds is 3. The molecule has 1 aromatic carbocycles. The van der Waals surface area contributed by atoms with Crippen LogP contribution in [-0.4, -0.2) is 9.97 Å². The second-order valence-corrected chi connectivity index (χ2v) is 4.37. The van der Waals surface area contributed by atoms with E-state index in [0.29, 0.717) is 12.4 Å². The summed E-state index contributed by atoms with van der Waals surface area (Å²) in [6.07, 6.45) is 0. The summed E-state index contributed by atoms with van der Waals surface area (Å²) >= 11 is 0. The van der Waals surface area contributed by atoms with E-state index in [2.05, 4.69) is 41.3 Å². The SMILES string of the molecule is Cc1ccc(CNc2cc(C#N)[nH]c(=O)n2)cc1C. The first-order valence-electron chi connectivity index (χ1n) is 5.90. The third-order valence-electron chi connectivity index (χ3n) is 2.91. The average Bonchev–Trinajstić information content (AvgIpc) is 2.39. The van der Waals surface area contributed by atoms with Gasteiger partial charge in [-0.1, -0.05) is 18.2 Å². The fourth-order valence-electron chi connectivity index (χ4n) is 1.71. The van der Waals surface area contributed by atoms with Crippen molar-refractivity contribution in [2.24, 2.45) is 0 Å². The molecule has 0 fully saturated rings. The standard InChI is InChI=1S/C14H14N4O/c1-9-3-4-11(5-10(9)2)8-16-13-6-12(7-15)17-14(19)18-13/h3-6H,8H2,1-2H3,(H2,16,17,18,19). The Morgan fingerprint density at radius 2 is 2.11 bits per heavy atom. The third kappa shape index (κ3) is 3.19. The summed E-state index contributed by atoms with van der Waals surface area (Å²) in [6, 6.07) is 9.56. The summed E-state index contributed by atoms with van der Waals surface area (Å²) in [5.41, 5.74) is 3.23. The van der Waals surface area contributed by atoms with Crippen molar-refractivity contribution in [2.75, 3.05) is 5.32 Å². The number of hydrogen-bond donors (Lipinski definition) is 2. The van der Waals surface area contributed by atoms with Gasteiger partial charge in [0.25, 0.3) is 0 Å². The maximum Gasteiger partial charge on any atom is 0.347 e. The predicted octanol–water partition coefficient (Wildman–Crippen LogP) is 1.87. The van der Waals surface area contributed by atoms with Crippen LogP contribution in [0.2, 0.25) is 0 Å². The summed E-state index contributed by atoms with van der Waals surface area (Å²) in [6.45, 7) is 4.67. The highest BCUT2D eigenvalue weighted by molar-refractivity contribution is 5.40. The van der Waals surface area contributed by atoms with Crippen molar-refractivity contribution in [1.29, 1.82) is 5.26 Å². The van der Waals surface area contributed by atoms with Crippen LogP contribution in [0, 0.1) is 25.2 Å². The normalized spacial score (nSPS) is 9.95. The lowest BCUT2D eigenvalue weighted by atomic mass is 10.1. The van der Waals surface area contributed by atoms with Crippen LogP contribution in [0.1, 0.15) is 22.4 Å². The number of aryl methyl sites for hydroxylation is 2. The first-order chi connectivity index (χ1) is 9.08. The highest BCUT2D eigenvalue weighted by Crippen LogP contribution is 2.11. The lowest BCUT2D eigenvalue weighted by Crippen LogP contribution is -2.14. The Morgan fingerprint density at radius 3 is 2.79 bits per heavy atom. The second kappa shape index (κ2) is 5.36. The average molecular weight is 254 g/mol. The van der Waals surface area contributed by atoms with Crippen molar-refractivity contribution in [1.82, 2.24) is 9.97 Å². The largest absolute Gasteiger partial charge is 0.366 e. The number of nitrogens with zero attached hydrogens (tertiary/aromatic N) is 2. The number of aromatic nitrogens is 2. The molecule has 0 aliphatic carbocycles. The molecular formula is C14H14N4O. The van der Waals surface area contributed by atoms with Crippen LogP contribution in [0.15, 0.2) is 29.1 Å². The monoisotopic (exact) mass is 254 g/mol. The Kier molecular flexibility index (Phi) is 3.62. The van der Waals surface area contributed by atoms with E-state index in [-0.39, 0.29) is 5.69 Å². The molecule has 0 unspecified atom stereocenters. The maximum absolute atomic E-state index is 11.2. The molecule has 0 amide bonds. The molecule has 0 aliphatic rings. The molecule has 19 heavy (non-hydrogen) atoms. The molecule has 2 rings (SSSR count).